The van der Waals surface area contributed by atoms with Gasteiger partial charge >= 0.3 is 6.18 Å². The highest BCUT2D eigenvalue weighted by Gasteiger charge is 2.34. The van der Waals surface area contributed by atoms with Gasteiger partial charge in [-0.05, 0) is 25.1 Å². The van der Waals surface area contributed by atoms with Crippen LogP contribution in [0.1, 0.15) is 29.9 Å². The Hall–Kier alpha value is -2.49. The Kier molecular flexibility index (Phi) is 3.89. The van der Waals surface area contributed by atoms with Crippen LogP contribution in [0.4, 0.5) is 18.9 Å². The lowest BCUT2D eigenvalue weighted by molar-refractivity contribution is -0.137. The van der Waals surface area contributed by atoms with E-state index in [-0.39, 0.29) is 11.7 Å². The number of anilines is 1. The fourth-order valence-corrected chi connectivity index (χ4v) is 2.08. The summed E-state index contributed by atoms with van der Waals surface area (Å²) in [4.78, 5) is 4.14. The molecule has 0 bridgehead atoms. The van der Waals surface area contributed by atoms with Gasteiger partial charge in [0.05, 0.1) is 23.2 Å². The van der Waals surface area contributed by atoms with E-state index in [0.717, 1.165) is 12.1 Å². The molecule has 4 nitrogen and oxygen atoms in total. The number of nitriles is 1. The average Bonchev–Trinajstić information content (AvgIpc) is 2.84. The zero-order valence-electron chi connectivity index (χ0n) is 11.4. The molecular weight excluding hydrogens is 281 g/mol. The first kappa shape index (κ1) is 14.9. The van der Waals surface area contributed by atoms with Crippen LogP contribution in [-0.2, 0) is 13.2 Å². The van der Waals surface area contributed by atoms with Gasteiger partial charge in [0.2, 0.25) is 0 Å². The molecule has 21 heavy (non-hydrogen) atoms. The molecule has 0 saturated carbocycles. The lowest BCUT2D eigenvalue weighted by atomic mass is 10.1. The number of rotatable bonds is 3. The molecule has 1 heterocycles. The molecule has 2 aromatic rings. The van der Waals surface area contributed by atoms with Gasteiger partial charge < -0.3 is 9.88 Å². The predicted octanol–water partition coefficient (Wildman–Crippen LogP) is 3.48. The normalized spacial score (nSPS) is 12.8. The molecule has 0 spiro atoms. The van der Waals surface area contributed by atoms with Gasteiger partial charge in [0.25, 0.3) is 0 Å². The second-order valence-corrected chi connectivity index (χ2v) is 4.63. The molecular formula is C14H13F3N4. The molecule has 0 aliphatic heterocycles. The Morgan fingerprint density at radius 3 is 2.62 bits per heavy atom. The summed E-state index contributed by atoms with van der Waals surface area (Å²) in [7, 11) is 1.81. The van der Waals surface area contributed by atoms with Crippen molar-refractivity contribution < 1.29 is 13.2 Å². The van der Waals surface area contributed by atoms with Gasteiger partial charge in [-0.2, -0.15) is 18.4 Å². The molecule has 1 N–H and O–H groups in total. The molecule has 1 unspecified atom stereocenters. The molecule has 110 valence electrons. The summed E-state index contributed by atoms with van der Waals surface area (Å²) >= 11 is 0. The van der Waals surface area contributed by atoms with Crippen LogP contribution in [0.3, 0.4) is 0 Å². The summed E-state index contributed by atoms with van der Waals surface area (Å²) in [5.74, 6) is 0.702. The largest absolute Gasteiger partial charge is 0.417 e. The highest BCUT2D eigenvalue weighted by atomic mass is 19.4. The van der Waals surface area contributed by atoms with E-state index in [0.29, 0.717) is 5.82 Å². The van der Waals surface area contributed by atoms with Crippen LogP contribution < -0.4 is 5.32 Å². The molecule has 0 aliphatic rings. The van der Waals surface area contributed by atoms with E-state index >= 15 is 0 Å². The van der Waals surface area contributed by atoms with Crippen LogP contribution in [0, 0.1) is 11.3 Å². The molecule has 0 aliphatic carbocycles. The van der Waals surface area contributed by atoms with E-state index in [2.05, 4.69) is 10.3 Å². The van der Waals surface area contributed by atoms with Gasteiger partial charge in [0, 0.05) is 25.1 Å². The second kappa shape index (κ2) is 5.48. The fraction of sp³-hybridized carbons (Fsp3) is 0.286. The number of nitrogens with zero attached hydrogens (tertiary/aromatic N) is 3. The number of hydrogen-bond acceptors (Lipinski definition) is 3. The van der Waals surface area contributed by atoms with E-state index in [9.17, 15) is 13.2 Å². The highest BCUT2D eigenvalue weighted by Crippen LogP contribution is 2.34. The second-order valence-electron chi connectivity index (χ2n) is 4.63. The molecule has 0 amide bonds. The maximum Gasteiger partial charge on any atom is 0.417 e. The first-order chi connectivity index (χ1) is 9.82. The SMILES string of the molecule is CC(Nc1ccc(C#N)c(C(F)(F)F)c1)c1nccn1C. The molecule has 7 heteroatoms. The topological polar surface area (TPSA) is 53.6 Å². The van der Waals surface area contributed by atoms with Gasteiger partial charge in [-0.15, -0.1) is 0 Å². The number of hydrogen-bond donors (Lipinski definition) is 1. The molecule has 0 fully saturated rings. The van der Waals surface area contributed by atoms with Crippen molar-refractivity contribution in [2.24, 2.45) is 7.05 Å². The van der Waals surface area contributed by atoms with Gasteiger partial charge in [-0.25, -0.2) is 4.98 Å². The van der Waals surface area contributed by atoms with E-state index in [1.54, 1.807) is 37.0 Å². The van der Waals surface area contributed by atoms with Crippen LogP contribution >= 0.6 is 0 Å². The van der Waals surface area contributed by atoms with Crippen LogP contribution in [0.2, 0.25) is 0 Å². The Labute approximate surface area is 119 Å². The molecule has 1 aromatic heterocycles. The van der Waals surface area contributed by atoms with E-state index < -0.39 is 17.3 Å². The molecule has 1 atom stereocenters. The zero-order chi connectivity index (χ0) is 15.6. The molecule has 0 radical (unpaired) electrons. The van der Waals surface area contributed by atoms with Crippen molar-refractivity contribution in [1.29, 1.82) is 5.26 Å². The number of benzene rings is 1. The summed E-state index contributed by atoms with van der Waals surface area (Å²) in [6, 6.07) is 4.85. The van der Waals surface area contributed by atoms with Crippen molar-refractivity contribution in [3.63, 3.8) is 0 Å². The number of aryl methyl sites for hydroxylation is 1. The minimum absolute atomic E-state index is 0.265. The Morgan fingerprint density at radius 2 is 2.10 bits per heavy atom. The third kappa shape index (κ3) is 3.16. The smallest absolute Gasteiger partial charge is 0.375 e. The van der Waals surface area contributed by atoms with E-state index in [4.69, 9.17) is 5.26 Å². The third-order valence-electron chi connectivity index (χ3n) is 3.07. The molecule has 1 aromatic carbocycles. The van der Waals surface area contributed by atoms with E-state index in [1.807, 2.05) is 0 Å². The fourth-order valence-electron chi connectivity index (χ4n) is 2.08. The van der Waals surface area contributed by atoms with E-state index in [1.165, 1.54) is 6.07 Å². The number of imidazole rings is 1. The van der Waals surface area contributed by atoms with Crippen molar-refractivity contribution in [2.75, 3.05) is 5.32 Å². The van der Waals surface area contributed by atoms with Crippen molar-refractivity contribution in [2.45, 2.75) is 19.1 Å². The number of nitrogens with one attached hydrogen (secondary N) is 1. The molecule has 0 saturated heterocycles. The standard InChI is InChI=1S/C14H13F3N4/c1-9(13-19-5-6-21(13)2)20-11-4-3-10(8-18)12(7-11)14(15,16)17/h3-7,9,20H,1-2H3. The number of aromatic nitrogens is 2. The first-order valence-corrected chi connectivity index (χ1v) is 6.18. The minimum atomic E-state index is -4.56. The van der Waals surface area contributed by atoms with Gasteiger partial charge in [-0.1, -0.05) is 0 Å². The predicted molar refractivity (Wildman–Crippen MR) is 71.4 cm³/mol. The van der Waals surface area contributed by atoms with Crippen molar-refractivity contribution >= 4 is 5.69 Å². The summed E-state index contributed by atoms with van der Waals surface area (Å²) in [6.07, 6.45) is -1.18. The maximum atomic E-state index is 12.9. The third-order valence-corrected chi connectivity index (χ3v) is 3.07. The van der Waals surface area contributed by atoms with Crippen LogP contribution in [0.15, 0.2) is 30.6 Å². The van der Waals surface area contributed by atoms with Gasteiger partial charge in [0.15, 0.2) is 0 Å². The quantitative estimate of drug-likeness (QED) is 0.942. The van der Waals surface area contributed by atoms with Crippen molar-refractivity contribution in [3.05, 3.63) is 47.5 Å². The summed E-state index contributed by atoms with van der Waals surface area (Å²) in [5.41, 5.74) is -1.04. The molecule has 2 rings (SSSR count). The lowest BCUT2D eigenvalue weighted by Gasteiger charge is -2.17. The number of alkyl halides is 3. The van der Waals surface area contributed by atoms with Gasteiger partial charge in [-0.3, -0.25) is 0 Å². The zero-order valence-corrected chi connectivity index (χ0v) is 11.4. The minimum Gasteiger partial charge on any atom is -0.375 e. The Bertz CT molecular complexity index is 682. The van der Waals surface area contributed by atoms with Gasteiger partial charge in [0.1, 0.15) is 5.82 Å². The highest BCUT2D eigenvalue weighted by molar-refractivity contribution is 5.53. The summed E-state index contributed by atoms with van der Waals surface area (Å²) in [5, 5.41) is 11.7. The summed E-state index contributed by atoms with van der Waals surface area (Å²) in [6.45, 7) is 1.80. The monoisotopic (exact) mass is 294 g/mol. The lowest BCUT2D eigenvalue weighted by Crippen LogP contribution is -2.13. The number of halogens is 3. The summed E-state index contributed by atoms with van der Waals surface area (Å²) < 4.78 is 40.5. The first-order valence-electron chi connectivity index (χ1n) is 6.18. The van der Waals surface area contributed by atoms with Crippen LogP contribution in [-0.4, -0.2) is 9.55 Å². The van der Waals surface area contributed by atoms with Crippen LogP contribution in [0.25, 0.3) is 0 Å². The van der Waals surface area contributed by atoms with Crippen molar-refractivity contribution in [1.82, 2.24) is 9.55 Å². The Morgan fingerprint density at radius 1 is 1.38 bits per heavy atom. The van der Waals surface area contributed by atoms with Crippen LogP contribution in [0.5, 0.6) is 0 Å². The Balaban J connectivity index is 2.30. The maximum absolute atomic E-state index is 12.9. The van der Waals surface area contributed by atoms with Crippen molar-refractivity contribution in [3.8, 4) is 6.07 Å². The average molecular weight is 294 g/mol.